The van der Waals surface area contributed by atoms with E-state index in [0.29, 0.717) is 31.8 Å². The van der Waals surface area contributed by atoms with Crippen molar-refractivity contribution < 1.29 is 9.59 Å². The zero-order chi connectivity index (χ0) is 27.4. The van der Waals surface area contributed by atoms with Crippen molar-refractivity contribution in [1.82, 2.24) is 31.3 Å². The molecular formula is C29H32N8O2. The Kier molecular flexibility index (Phi) is 7.38. The van der Waals surface area contributed by atoms with Gasteiger partial charge in [-0.25, -0.2) is 4.79 Å². The van der Waals surface area contributed by atoms with E-state index in [1.165, 1.54) is 0 Å². The number of carbonyl (C=O) groups excluding carboxylic acids is 2. The van der Waals surface area contributed by atoms with Crippen LogP contribution in [0, 0.1) is 0 Å². The SMILES string of the molecule is CC(C)(N)CNC(=O)N[C@@H]1CCc2ccccc2N(Cc2ccc(-c3ccccc3-c3nn[nH]n3)cc2)C1=O. The van der Waals surface area contributed by atoms with Crippen LogP contribution in [0.2, 0.25) is 0 Å². The van der Waals surface area contributed by atoms with Crippen molar-refractivity contribution in [1.29, 1.82) is 0 Å². The smallest absolute Gasteiger partial charge is 0.315 e. The molecule has 0 radical (unpaired) electrons. The predicted molar refractivity (Wildman–Crippen MR) is 150 cm³/mol. The van der Waals surface area contributed by atoms with Crippen LogP contribution in [0.5, 0.6) is 0 Å². The summed E-state index contributed by atoms with van der Waals surface area (Å²) in [5, 5.41) is 20.1. The van der Waals surface area contributed by atoms with Crippen molar-refractivity contribution in [2.45, 2.75) is 44.8 Å². The molecule has 5 N–H and O–H groups in total. The maximum Gasteiger partial charge on any atom is 0.315 e. The van der Waals surface area contributed by atoms with Gasteiger partial charge in [-0.05, 0) is 60.2 Å². The van der Waals surface area contributed by atoms with Crippen molar-refractivity contribution >= 4 is 17.6 Å². The van der Waals surface area contributed by atoms with Crippen LogP contribution in [-0.4, -0.2) is 50.7 Å². The van der Waals surface area contributed by atoms with Crippen LogP contribution in [0.3, 0.4) is 0 Å². The first-order valence-corrected chi connectivity index (χ1v) is 12.9. The molecule has 1 aliphatic rings. The minimum Gasteiger partial charge on any atom is -0.336 e. The highest BCUT2D eigenvalue weighted by molar-refractivity contribution is 6.00. The maximum absolute atomic E-state index is 13.7. The number of anilines is 1. The average Bonchev–Trinajstić information content (AvgIpc) is 3.44. The fourth-order valence-corrected chi connectivity index (χ4v) is 4.71. The minimum absolute atomic E-state index is 0.145. The molecule has 0 unspecified atom stereocenters. The third-order valence-electron chi connectivity index (χ3n) is 6.68. The summed E-state index contributed by atoms with van der Waals surface area (Å²) in [6, 6.07) is 22.8. The number of para-hydroxylation sites is 1. The van der Waals surface area contributed by atoms with Gasteiger partial charge in [-0.15, -0.1) is 10.2 Å². The highest BCUT2D eigenvalue weighted by Crippen LogP contribution is 2.31. The molecule has 1 aromatic heterocycles. The number of tetrazole rings is 1. The lowest BCUT2D eigenvalue weighted by molar-refractivity contribution is -0.120. The van der Waals surface area contributed by atoms with E-state index >= 15 is 0 Å². The van der Waals surface area contributed by atoms with E-state index in [9.17, 15) is 9.59 Å². The number of aryl methyl sites for hydroxylation is 1. The number of hydrogen-bond acceptors (Lipinski definition) is 6. The topological polar surface area (TPSA) is 142 Å². The number of rotatable bonds is 7. The summed E-state index contributed by atoms with van der Waals surface area (Å²) in [7, 11) is 0. The summed E-state index contributed by atoms with van der Waals surface area (Å²) in [5.41, 5.74) is 11.2. The summed E-state index contributed by atoms with van der Waals surface area (Å²) >= 11 is 0. The Morgan fingerprint density at radius 1 is 1.05 bits per heavy atom. The Morgan fingerprint density at radius 2 is 1.77 bits per heavy atom. The Morgan fingerprint density at radius 3 is 2.49 bits per heavy atom. The molecule has 200 valence electrons. The molecular weight excluding hydrogens is 492 g/mol. The molecule has 0 saturated heterocycles. The van der Waals surface area contributed by atoms with Crippen molar-refractivity contribution in [3.63, 3.8) is 0 Å². The Balaban J connectivity index is 1.37. The number of hydrogen-bond donors (Lipinski definition) is 4. The summed E-state index contributed by atoms with van der Waals surface area (Å²) in [6.45, 7) is 4.33. The highest BCUT2D eigenvalue weighted by Gasteiger charge is 2.31. The third-order valence-corrected chi connectivity index (χ3v) is 6.68. The van der Waals surface area contributed by atoms with E-state index in [-0.39, 0.29) is 5.91 Å². The number of nitrogens with two attached hydrogens (primary N) is 1. The van der Waals surface area contributed by atoms with Crippen LogP contribution in [0.1, 0.15) is 31.4 Å². The van der Waals surface area contributed by atoms with Gasteiger partial charge in [0.2, 0.25) is 11.7 Å². The molecule has 1 aliphatic heterocycles. The van der Waals surface area contributed by atoms with Gasteiger partial charge in [-0.1, -0.05) is 66.7 Å². The average molecular weight is 525 g/mol. The zero-order valence-electron chi connectivity index (χ0n) is 22.0. The van der Waals surface area contributed by atoms with E-state index in [0.717, 1.165) is 33.5 Å². The van der Waals surface area contributed by atoms with Crippen LogP contribution in [0.4, 0.5) is 10.5 Å². The number of carbonyl (C=O) groups is 2. The number of urea groups is 1. The van der Waals surface area contributed by atoms with Gasteiger partial charge >= 0.3 is 6.03 Å². The van der Waals surface area contributed by atoms with Crippen molar-refractivity contribution in [2.24, 2.45) is 5.73 Å². The van der Waals surface area contributed by atoms with Gasteiger partial charge in [0.1, 0.15) is 6.04 Å². The van der Waals surface area contributed by atoms with Crippen LogP contribution in [0.15, 0.2) is 72.8 Å². The number of aromatic nitrogens is 4. The largest absolute Gasteiger partial charge is 0.336 e. The molecule has 10 nitrogen and oxygen atoms in total. The fourth-order valence-electron chi connectivity index (χ4n) is 4.71. The molecule has 10 heteroatoms. The van der Waals surface area contributed by atoms with Gasteiger partial charge < -0.3 is 21.3 Å². The first-order chi connectivity index (χ1) is 18.8. The molecule has 4 aromatic rings. The van der Waals surface area contributed by atoms with Gasteiger partial charge in [-0.2, -0.15) is 5.21 Å². The Bertz CT molecular complexity index is 1440. The summed E-state index contributed by atoms with van der Waals surface area (Å²) in [4.78, 5) is 28.1. The lowest BCUT2D eigenvalue weighted by atomic mass is 9.98. The van der Waals surface area contributed by atoms with Gasteiger partial charge in [0.25, 0.3) is 0 Å². The monoisotopic (exact) mass is 524 g/mol. The quantitative estimate of drug-likeness (QED) is 0.292. The molecule has 0 fully saturated rings. The van der Waals surface area contributed by atoms with E-state index < -0.39 is 17.6 Å². The van der Waals surface area contributed by atoms with Crippen LogP contribution in [-0.2, 0) is 17.8 Å². The van der Waals surface area contributed by atoms with Gasteiger partial charge in [0.05, 0.1) is 6.54 Å². The Labute approximate surface area is 227 Å². The van der Waals surface area contributed by atoms with Crippen molar-refractivity contribution in [3.8, 4) is 22.5 Å². The molecule has 3 amide bonds. The predicted octanol–water partition coefficient (Wildman–Crippen LogP) is 3.42. The second-order valence-electron chi connectivity index (χ2n) is 10.4. The number of amides is 3. The molecule has 0 bridgehead atoms. The summed E-state index contributed by atoms with van der Waals surface area (Å²) in [5.74, 6) is 0.382. The van der Waals surface area contributed by atoms with Crippen LogP contribution in [0.25, 0.3) is 22.5 Å². The van der Waals surface area contributed by atoms with Gasteiger partial charge in [0.15, 0.2) is 0 Å². The van der Waals surface area contributed by atoms with Crippen molar-refractivity contribution in [2.75, 3.05) is 11.4 Å². The van der Waals surface area contributed by atoms with Crippen LogP contribution >= 0.6 is 0 Å². The molecule has 39 heavy (non-hydrogen) atoms. The zero-order valence-corrected chi connectivity index (χ0v) is 22.0. The molecule has 0 spiro atoms. The molecule has 1 atom stereocenters. The number of nitrogens with zero attached hydrogens (tertiary/aromatic N) is 4. The third kappa shape index (κ3) is 6.12. The molecule has 5 rings (SSSR count). The molecule has 3 aromatic carbocycles. The lowest BCUT2D eigenvalue weighted by Crippen LogP contribution is -2.53. The summed E-state index contributed by atoms with van der Waals surface area (Å²) < 4.78 is 0. The Hall–Kier alpha value is -4.57. The normalized spacial score (nSPS) is 15.4. The van der Waals surface area contributed by atoms with Crippen molar-refractivity contribution in [3.05, 3.63) is 83.9 Å². The molecule has 0 aliphatic carbocycles. The number of fused-ring (bicyclic) bond motifs is 1. The lowest BCUT2D eigenvalue weighted by Gasteiger charge is -2.27. The minimum atomic E-state index is -0.653. The van der Waals surface area contributed by atoms with E-state index in [1.54, 1.807) is 4.90 Å². The fraction of sp³-hybridized carbons (Fsp3) is 0.276. The van der Waals surface area contributed by atoms with Gasteiger partial charge in [-0.3, -0.25) is 4.79 Å². The van der Waals surface area contributed by atoms with E-state index in [4.69, 9.17) is 5.73 Å². The second kappa shape index (κ2) is 11.0. The van der Waals surface area contributed by atoms with Crippen LogP contribution < -0.4 is 21.3 Å². The van der Waals surface area contributed by atoms with Gasteiger partial charge in [0, 0.05) is 23.3 Å². The first-order valence-electron chi connectivity index (χ1n) is 12.9. The summed E-state index contributed by atoms with van der Waals surface area (Å²) in [6.07, 6.45) is 1.19. The van der Waals surface area contributed by atoms with E-state index in [2.05, 4.69) is 31.3 Å². The maximum atomic E-state index is 13.7. The highest BCUT2D eigenvalue weighted by atomic mass is 16.2. The molecule has 0 saturated carbocycles. The van der Waals surface area contributed by atoms with E-state index in [1.807, 2.05) is 86.6 Å². The molecule has 2 heterocycles. The first kappa shape index (κ1) is 26.1. The standard InChI is InChI=1S/C29H32N8O2/c1-29(2,30)18-31-28(39)32-24-16-15-21-7-3-6-10-25(21)37(27(24)38)17-19-11-13-20(14-12-19)22-8-4-5-9-23(22)26-33-35-36-34-26/h3-14,24H,15-18,30H2,1-2H3,(H2,31,32,39)(H,33,34,35,36)/t24-/m1/s1. The second-order valence-corrected chi connectivity index (χ2v) is 10.4. The number of nitrogens with one attached hydrogen (secondary N) is 3. The number of aromatic amines is 1. The number of benzene rings is 3. The number of H-pyrrole nitrogens is 1.